The van der Waals surface area contributed by atoms with E-state index >= 15 is 0 Å². The molecule has 0 saturated heterocycles. The van der Waals surface area contributed by atoms with Gasteiger partial charge in [0, 0.05) is 0 Å². The van der Waals surface area contributed by atoms with Crippen molar-refractivity contribution in [3.63, 3.8) is 0 Å². The van der Waals surface area contributed by atoms with Gasteiger partial charge in [-0.1, -0.05) is 0 Å². The summed E-state index contributed by atoms with van der Waals surface area (Å²) >= 11 is 0. The van der Waals surface area contributed by atoms with Crippen LogP contribution in [0.15, 0.2) is 0 Å². The molecule has 0 saturated carbocycles. The van der Waals surface area contributed by atoms with Crippen molar-refractivity contribution in [3.05, 3.63) is 0 Å². The van der Waals surface area contributed by atoms with Crippen molar-refractivity contribution in [1.82, 2.24) is 10.9 Å². The minimum atomic E-state index is -1.45. The molecule has 0 aromatic carbocycles. The zero-order valence-corrected chi connectivity index (χ0v) is 9.20. The van der Waals surface area contributed by atoms with E-state index in [1.807, 2.05) is 0 Å². The topological polar surface area (TPSA) is 114 Å². The molecule has 16 heavy (non-hydrogen) atoms. The summed E-state index contributed by atoms with van der Waals surface area (Å²) < 4.78 is 9.18. The minimum absolute atomic E-state index is 0.593. The molecule has 8 nitrogen and oxygen atoms in total. The molecule has 0 atom stereocenters. The third-order valence-electron chi connectivity index (χ3n) is 1.01. The van der Waals surface area contributed by atoms with Crippen molar-refractivity contribution in [2.75, 3.05) is 6.61 Å². The van der Waals surface area contributed by atoms with E-state index in [2.05, 4.69) is 4.74 Å². The van der Waals surface area contributed by atoms with Crippen molar-refractivity contribution >= 4 is 18.2 Å². The van der Waals surface area contributed by atoms with E-state index in [9.17, 15) is 14.4 Å². The number of carbonyl (C=O) groups excluding carboxylic acids is 2. The first-order valence-corrected chi connectivity index (χ1v) is 4.34. The van der Waals surface area contributed by atoms with Crippen LogP contribution in [-0.2, 0) is 14.3 Å². The molecule has 3 N–H and O–H groups in total. The number of rotatable bonds is 2. The van der Waals surface area contributed by atoms with Crippen LogP contribution in [0.5, 0.6) is 0 Å². The van der Waals surface area contributed by atoms with Crippen LogP contribution in [0.4, 0.5) is 9.59 Å². The van der Waals surface area contributed by atoms with Crippen LogP contribution in [0.25, 0.3) is 0 Å². The van der Waals surface area contributed by atoms with Gasteiger partial charge in [0.05, 0.1) is 0 Å². The van der Waals surface area contributed by atoms with Gasteiger partial charge in [0.15, 0.2) is 6.61 Å². The van der Waals surface area contributed by atoms with E-state index in [0.29, 0.717) is 0 Å². The highest BCUT2D eigenvalue weighted by Gasteiger charge is 2.17. The standard InChI is InChI=1S/C8H14N2O6/c1-8(2,3)16-5(11)4-15-7(14)10-9-6(12)13/h9H,4H2,1-3H3,(H,10,14)(H,12,13). The number of ether oxygens (including phenoxy) is 2. The van der Waals surface area contributed by atoms with Crippen LogP contribution >= 0.6 is 0 Å². The molecule has 0 aliphatic carbocycles. The molecule has 2 amide bonds. The predicted octanol–water partition coefficient (Wildman–Crippen LogP) is 0.237. The number of amides is 2. The van der Waals surface area contributed by atoms with Gasteiger partial charge in [-0.2, -0.15) is 0 Å². The second kappa shape index (κ2) is 5.79. The van der Waals surface area contributed by atoms with Crippen LogP contribution in [0.2, 0.25) is 0 Å². The summed E-state index contributed by atoms with van der Waals surface area (Å²) in [6, 6.07) is 0. The summed E-state index contributed by atoms with van der Waals surface area (Å²) in [7, 11) is 0. The molecule has 0 unspecified atom stereocenters. The van der Waals surface area contributed by atoms with E-state index in [4.69, 9.17) is 9.84 Å². The first kappa shape index (κ1) is 14.0. The summed E-state index contributed by atoms with van der Waals surface area (Å²) in [6.07, 6.45) is -2.54. The highest BCUT2D eigenvalue weighted by Crippen LogP contribution is 2.06. The predicted molar refractivity (Wildman–Crippen MR) is 51.5 cm³/mol. The number of hydrogen-bond acceptors (Lipinski definition) is 5. The molecule has 0 spiro atoms. The Labute approximate surface area is 91.9 Å². The maximum atomic E-state index is 11.0. The Morgan fingerprint density at radius 1 is 1.19 bits per heavy atom. The zero-order chi connectivity index (χ0) is 12.8. The summed E-state index contributed by atoms with van der Waals surface area (Å²) in [4.78, 5) is 31.7. The Morgan fingerprint density at radius 2 is 1.75 bits per heavy atom. The van der Waals surface area contributed by atoms with E-state index in [0.717, 1.165) is 0 Å². The normalized spacial score (nSPS) is 10.2. The van der Waals surface area contributed by atoms with Crippen molar-refractivity contribution in [1.29, 1.82) is 0 Å². The molecule has 0 aliphatic heterocycles. The van der Waals surface area contributed by atoms with Gasteiger partial charge in [-0.15, -0.1) is 0 Å². The molecule has 0 bridgehead atoms. The second-order valence-electron chi connectivity index (χ2n) is 3.72. The smallest absolute Gasteiger partial charge is 0.426 e. The van der Waals surface area contributed by atoms with Gasteiger partial charge >= 0.3 is 18.2 Å². The van der Waals surface area contributed by atoms with E-state index in [-0.39, 0.29) is 0 Å². The van der Waals surface area contributed by atoms with Gasteiger partial charge < -0.3 is 14.6 Å². The Morgan fingerprint density at radius 3 is 2.19 bits per heavy atom. The fraction of sp³-hybridized carbons (Fsp3) is 0.625. The van der Waals surface area contributed by atoms with Gasteiger partial charge in [0.2, 0.25) is 0 Å². The minimum Gasteiger partial charge on any atom is -0.464 e. The maximum Gasteiger partial charge on any atom is 0.426 e. The lowest BCUT2D eigenvalue weighted by Gasteiger charge is -2.19. The molecule has 0 rings (SSSR count). The van der Waals surface area contributed by atoms with Crippen LogP contribution in [0.3, 0.4) is 0 Å². The Balaban J connectivity index is 3.76. The van der Waals surface area contributed by atoms with Crippen LogP contribution in [-0.4, -0.2) is 35.5 Å². The Hall–Kier alpha value is -1.99. The number of nitrogens with one attached hydrogen (secondary N) is 2. The number of esters is 1. The van der Waals surface area contributed by atoms with Gasteiger partial charge in [-0.25, -0.2) is 25.2 Å². The van der Waals surface area contributed by atoms with Crippen molar-refractivity contribution in [3.8, 4) is 0 Å². The zero-order valence-electron chi connectivity index (χ0n) is 9.20. The summed E-state index contributed by atoms with van der Waals surface area (Å²) in [6.45, 7) is 4.40. The fourth-order valence-corrected chi connectivity index (χ4v) is 0.636. The largest absolute Gasteiger partial charge is 0.464 e. The number of carboxylic acid groups (broad SMARTS) is 1. The molecule has 0 aromatic rings. The highest BCUT2D eigenvalue weighted by molar-refractivity contribution is 5.77. The van der Waals surface area contributed by atoms with Gasteiger partial charge in [-0.3, -0.25) is 0 Å². The molecular weight excluding hydrogens is 220 g/mol. The Kier molecular flexibility index (Phi) is 5.07. The van der Waals surface area contributed by atoms with E-state index < -0.39 is 30.4 Å². The van der Waals surface area contributed by atoms with Gasteiger partial charge in [0.25, 0.3) is 0 Å². The monoisotopic (exact) mass is 234 g/mol. The van der Waals surface area contributed by atoms with Crippen LogP contribution in [0.1, 0.15) is 20.8 Å². The lowest BCUT2D eigenvalue weighted by Crippen LogP contribution is -2.41. The number of hydrogen-bond donors (Lipinski definition) is 3. The van der Waals surface area contributed by atoms with Crippen molar-refractivity contribution in [2.45, 2.75) is 26.4 Å². The first-order chi connectivity index (χ1) is 7.20. The summed E-state index contributed by atoms with van der Waals surface area (Å²) in [5, 5.41) is 8.12. The summed E-state index contributed by atoms with van der Waals surface area (Å²) in [5.41, 5.74) is 2.57. The van der Waals surface area contributed by atoms with E-state index in [1.165, 1.54) is 0 Å². The second-order valence-corrected chi connectivity index (χ2v) is 3.72. The molecule has 0 aromatic heterocycles. The fourth-order valence-electron chi connectivity index (χ4n) is 0.636. The SMILES string of the molecule is CC(C)(C)OC(=O)COC(=O)NNC(=O)O. The maximum absolute atomic E-state index is 11.0. The number of carbonyl (C=O) groups is 3. The third-order valence-corrected chi connectivity index (χ3v) is 1.01. The lowest BCUT2D eigenvalue weighted by atomic mass is 10.2. The van der Waals surface area contributed by atoms with Gasteiger partial charge in [-0.05, 0) is 20.8 Å². The first-order valence-electron chi connectivity index (χ1n) is 4.34. The molecule has 0 aliphatic rings. The van der Waals surface area contributed by atoms with E-state index in [1.54, 1.807) is 31.6 Å². The van der Waals surface area contributed by atoms with Crippen LogP contribution < -0.4 is 10.9 Å². The molecule has 0 fully saturated rings. The quantitative estimate of drug-likeness (QED) is 0.465. The average Bonchev–Trinajstić information content (AvgIpc) is 2.08. The van der Waals surface area contributed by atoms with Crippen molar-refractivity contribution in [2.24, 2.45) is 0 Å². The molecule has 8 heteroatoms. The highest BCUT2D eigenvalue weighted by atomic mass is 16.6. The average molecular weight is 234 g/mol. The van der Waals surface area contributed by atoms with Crippen LogP contribution in [0, 0.1) is 0 Å². The third kappa shape index (κ3) is 8.60. The molecule has 0 heterocycles. The lowest BCUT2D eigenvalue weighted by molar-refractivity contribution is -0.158. The molecule has 0 radical (unpaired) electrons. The van der Waals surface area contributed by atoms with Gasteiger partial charge in [0.1, 0.15) is 5.60 Å². The molecular formula is C8H14N2O6. The molecule has 92 valence electrons. The number of hydrazine groups is 1. The summed E-state index contributed by atoms with van der Waals surface area (Å²) in [5.74, 6) is -0.724. The Bertz CT molecular complexity index is 283. The van der Waals surface area contributed by atoms with Crippen molar-refractivity contribution < 1.29 is 29.0 Å².